The molecule has 9 nitrogen and oxygen atoms in total. The average Bonchev–Trinajstić information content (AvgIpc) is 2.80. The number of nitrogens with two attached hydrogens (primary N) is 2. The molecular formula is C23H24N4O5. The van der Waals surface area contributed by atoms with Gasteiger partial charge in [-0.05, 0) is 23.8 Å². The summed E-state index contributed by atoms with van der Waals surface area (Å²) in [6.07, 6.45) is 1.72. The van der Waals surface area contributed by atoms with Crippen LogP contribution in [0, 0.1) is 11.8 Å². The molecular weight excluding hydrogens is 412 g/mol. The molecule has 2 aromatic carbocycles. The first kappa shape index (κ1) is 22.5. The molecule has 166 valence electrons. The Bertz CT molecular complexity index is 1200. The van der Waals surface area contributed by atoms with Gasteiger partial charge >= 0.3 is 0 Å². The van der Waals surface area contributed by atoms with Crippen molar-refractivity contribution in [2.75, 3.05) is 32.8 Å². The second-order valence-corrected chi connectivity index (χ2v) is 6.71. The number of methoxy groups -OCH3 is 3. The number of rotatable bonds is 6. The molecule has 0 fully saturated rings. The van der Waals surface area contributed by atoms with Crippen LogP contribution in [0.3, 0.4) is 0 Å². The van der Waals surface area contributed by atoms with Gasteiger partial charge < -0.3 is 35.9 Å². The monoisotopic (exact) mass is 436 g/mol. The molecule has 32 heavy (non-hydrogen) atoms. The van der Waals surface area contributed by atoms with Crippen molar-refractivity contribution in [2.45, 2.75) is 13.0 Å². The molecule has 0 unspecified atom stereocenters. The second-order valence-electron chi connectivity index (χ2n) is 6.71. The van der Waals surface area contributed by atoms with Crippen molar-refractivity contribution in [2.24, 2.45) is 0 Å². The van der Waals surface area contributed by atoms with Crippen LogP contribution in [0.4, 0.5) is 11.8 Å². The van der Waals surface area contributed by atoms with Crippen molar-refractivity contribution in [3.63, 3.8) is 0 Å². The number of hydrogen-bond acceptors (Lipinski definition) is 9. The lowest BCUT2D eigenvalue weighted by atomic mass is 9.96. The fraction of sp³-hybridized carbons (Fsp3) is 0.217. The van der Waals surface area contributed by atoms with Crippen LogP contribution >= 0.6 is 0 Å². The molecule has 1 aromatic heterocycles. The number of phenols is 1. The van der Waals surface area contributed by atoms with Crippen LogP contribution in [-0.2, 0) is 13.0 Å². The van der Waals surface area contributed by atoms with Gasteiger partial charge in [0.1, 0.15) is 5.82 Å². The van der Waals surface area contributed by atoms with Gasteiger partial charge in [0.15, 0.2) is 23.0 Å². The van der Waals surface area contributed by atoms with Gasteiger partial charge in [-0.2, -0.15) is 4.98 Å². The maximum absolute atomic E-state index is 10.8. The third-order valence-corrected chi connectivity index (χ3v) is 4.84. The number of benzene rings is 2. The summed E-state index contributed by atoms with van der Waals surface area (Å²) >= 11 is 0. The zero-order valence-corrected chi connectivity index (χ0v) is 18.0. The molecule has 0 spiro atoms. The molecule has 6 N–H and O–H groups in total. The Morgan fingerprint density at radius 2 is 1.69 bits per heavy atom. The Hall–Kier alpha value is -4.16. The van der Waals surface area contributed by atoms with Crippen LogP contribution in [0.1, 0.15) is 27.8 Å². The Labute approximate surface area is 185 Å². The van der Waals surface area contributed by atoms with E-state index in [0.717, 1.165) is 0 Å². The predicted octanol–water partition coefficient (Wildman–Crippen LogP) is 1.86. The summed E-state index contributed by atoms with van der Waals surface area (Å²) < 4.78 is 16.1. The van der Waals surface area contributed by atoms with Crippen LogP contribution < -0.4 is 25.7 Å². The highest BCUT2D eigenvalue weighted by Crippen LogP contribution is 2.38. The number of phenolic OH excluding ortho intramolecular Hbond substituents is 1. The number of ether oxygens (including phenoxy) is 3. The molecule has 1 heterocycles. The molecule has 0 amide bonds. The van der Waals surface area contributed by atoms with E-state index < -0.39 is 0 Å². The highest BCUT2D eigenvalue weighted by Gasteiger charge is 2.19. The average molecular weight is 436 g/mol. The Morgan fingerprint density at radius 3 is 2.31 bits per heavy atom. The minimum atomic E-state index is -0.307. The minimum Gasteiger partial charge on any atom is -0.503 e. The molecule has 0 saturated heterocycles. The summed E-state index contributed by atoms with van der Waals surface area (Å²) in [4.78, 5) is 7.91. The van der Waals surface area contributed by atoms with Crippen LogP contribution in [0.2, 0.25) is 0 Å². The Balaban J connectivity index is 2.09. The molecule has 0 aliphatic rings. The summed E-state index contributed by atoms with van der Waals surface area (Å²) in [6.45, 7) is -0.307. The van der Waals surface area contributed by atoms with E-state index in [1.165, 1.54) is 27.5 Å². The van der Waals surface area contributed by atoms with Crippen molar-refractivity contribution < 1.29 is 24.4 Å². The van der Waals surface area contributed by atoms with Crippen LogP contribution in [-0.4, -0.2) is 41.5 Å². The highest BCUT2D eigenvalue weighted by molar-refractivity contribution is 5.64. The van der Waals surface area contributed by atoms with Gasteiger partial charge in [-0.15, -0.1) is 0 Å². The van der Waals surface area contributed by atoms with Gasteiger partial charge in [0, 0.05) is 23.7 Å². The standard InChI is InChI=1S/C23H24N4O5/c1-30-18-6-4-5-13(20(18)31-2)7-8-14-9-16(12-28)17(21(32-3)19(14)29)10-15-11-26-23(25)27-22(15)24/h4-6,9,11,28-29H,10,12H2,1-3H3,(H4,24,25,26,27). The van der Waals surface area contributed by atoms with Crippen LogP contribution in [0.5, 0.6) is 23.0 Å². The molecule has 0 atom stereocenters. The quantitative estimate of drug-likeness (QED) is 0.425. The zero-order valence-electron chi connectivity index (χ0n) is 18.0. The number of aromatic nitrogens is 2. The van der Waals surface area contributed by atoms with Gasteiger partial charge in [-0.25, -0.2) is 4.98 Å². The molecule has 3 aromatic rings. The third kappa shape index (κ3) is 4.45. The predicted molar refractivity (Wildman–Crippen MR) is 120 cm³/mol. The molecule has 0 radical (unpaired) electrons. The van der Waals surface area contributed by atoms with E-state index in [4.69, 9.17) is 25.7 Å². The first-order valence-electron chi connectivity index (χ1n) is 9.55. The molecule has 3 rings (SSSR count). The third-order valence-electron chi connectivity index (χ3n) is 4.84. The largest absolute Gasteiger partial charge is 0.503 e. The van der Waals surface area contributed by atoms with Crippen LogP contribution in [0.25, 0.3) is 0 Å². The SMILES string of the molecule is COc1cccc(C#Cc2cc(CO)c(Cc3cnc(N)nc3N)c(OC)c2O)c1OC. The lowest BCUT2D eigenvalue weighted by Crippen LogP contribution is -2.07. The molecule has 9 heteroatoms. The van der Waals surface area contributed by atoms with Gasteiger partial charge in [-0.3, -0.25) is 0 Å². The van der Waals surface area contributed by atoms with E-state index in [9.17, 15) is 10.2 Å². The van der Waals surface area contributed by atoms with Gasteiger partial charge in [0.25, 0.3) is 0 Å². The smallest absolute Gasteiger partial charge is 0.221 e. The number of aliphatic hydroxyl groups is 1. The molecule has 0 aliphatic carbocycles. The Kier molecular flexibility index (Phi) is 6.87. The molecule has 0 saturated carbocycles. The Morgan fingerprint density at radius 1 is 0.969 bits per heavy atom. The van der Waals surface area contributed by atoms with E-state index >= 15 is 0 Å². The summed E-state index contributed by atoms with van der Waals surface area (Å²) in [5, 5.41) is 20.8. The number of hydrogen-bond donors (Lipinski definition) is 4. The summed E-state index contributed by atoms with van der Waals surface area (Å²) in [7, 11) is 4.48. The van der Waals surface area contributed by atoms with Crippen molar-refractivity contribution in [1.82, 2.24) is 9.97 Å². The number of aromatic hydroxyl groups is 1. The number of nitrogen functional groups attached to an aromatic ring is 2. The molecule has 0 bridgehead atoms. The van der Waals surface area contributed by atoms with E-state index in [2.05, 4.69) is 21.8 Å². The summed E-state index contributed by atoms with van der Waals surface area (Å²) in [6, 6.07) is 6.91. The van der Waals surface area contributed by atoms with E-state index in [1.54, 1.807) is 24.3 Å². The first-order valence-corrected chi connectivity index (χ1v) is 9.55. The second kappa shape index (κ2) is 9.76. The fourth-order valence-corrected chi connectivity index (χ4v) is 3.27. The minimum absolute atomic E-state index is 0.0574. The lowest BCUT2D eigenvalue weighted by Gasteiger charge is -2.16. The maximum Gasteiger partial charge on any atom is 0.221 e. The maximum atomic E-state index is 10.8. The number of nitrogens with zero attached hydrogens (tertiary/aromatic N) is 2. The number of aliphatic hydroxyl groups excluding tert-OH is 1. The van der Waals surface area contributed by atoms with Gasteiger partial charge in [0.2, 0.25) is 5.95 Å². The topological polar surface area (TPSA) is 146 Å². The number of para-hydroxylation sites is 1. The van der Waals surface area contributed by atoms with Gasteiger partial charge in [-0.1, -0.05) is 17.9 Å². The molecule has 0 aliphatic heterocycles. The van der Waals surface area contributed by atoms with E-state index in [1.807, 2.05) is 0 Å². The zero-order chi connectivity index (χ0) is 23.3. The highest BCUT2D eigenvalue weighted by atomic mass is 16.5. The fourth-order valence-electron chi connectivity index (χ4n) is 3.27. The van der Waals surface area contributed by atoms with Crippen molar-refractivity contribution >= 4 is 11.8 Å². The first-order chi connectivity index (χ1) is 15.4. The lowest BCUT2D eigenvalue weighted by molar-refractivity contribution is 0.279. The number of anilines is 2. The van der Waals surface area contributed by atoms with Crippen LogP contribution in [0.15, 0.2) is 30.5 Å². The summed E-state index contributed by atoms with van der Waals surface area (Å²) in [5.41, 5.74) is 14.0. The van der Waals surface area contributed by atoms with Crippen molar-refractivity contribution in [3.8, 4) is 34.8 Å². The van der Waals surface area contributed by atoms with Crippen molar-refractivity contribution in [1.29, 1.82) is 0 Å². The normalized spacial score (nSPS) is 10.2. The van der Waals surface area contributed by atoms with Crippen molar-refractivity contribution in [3.05, 3.63) is 58.3 Å². The van der Waals surface area contributed by atoms with E-state index in [-0.39, 0.29) is 41.9 Å². The van der Waals surface area contributed by atoms with E-state index in [0.29, 0.717) is 33.8 Å². The van der Waals surface area contributed by atoms with Gasteiger partial charge in [0.05, 0.1) is 39.1 Å². The summed E-state index contributed by atoms with van der Waals surface area (Å²) in [5.74, 6) is 7.19.